The Kier molecular flexibility index (Phi) is 6.64. The third-order valence-corrected chi connectivity index (χ3v) is 8.40. The van der Waals surface area contributed by atoms with Gasteiger partial charge < -0.3 is 10.2 Å². The van der Waals surface area contributed by atoms with Gasteiger partial charge in [0.2, 0.25) is 21.8 Å². The summed E-state index contributed by atoms with van der Waals surface area (Å²) in [5.74, 6) is -0.246. The van der Waals surface area contributed by atoms with E-state index >= 15 is 0 Å². The molecule has 1 N–H and O–H groups in total. The maximum atomic E-state index is 12.9. The summed E-state index contributed by atoms with van der Waals surface area (Å²) in [6, 6.07) is 14.7. The van der Waals surface area contributed by atoms with Crippen LogP contribution in [0.1, 0.15) is 18.4 Å². The number of sulfonamides is 1. The van der Waals surface area contributed by atoms with Crippen LogP contribution in [0, 0.1) is 0 Å². The zero-order valence-electron chi connectivity index (χ0n) is 17.1. The summed E-state index contributed by atoms with van der Waals surface area (Å²) in [7, 11) is -3.60. The van der Waals surface area contributed by atoms with Gasteiger partial charge in [-0.1, -0.05) is 30.3 Å². The summed E-state index contributed by atoms with van der Waals surface area (Å²) in [6.07, 6.45) is 2.41. The standard InChI is InChI=1S/C22H25N3O4S2/c26-21(23-11-10-17-6-2-1-3-7-17)15-25-19-14-18(8-9-20(19)30-16-22(25)27)31(28,29)24-12-4-5-13-24/h1-3,6-9,14H,4-5,10-13,15-16H2,(H,23,26). The van der Waals surface area contributed by atoms with Crippen LogP contribution in [0.5, 0.6) is 0 Å². The number of carbonyl (C=O) groups is 2. The molecule has 0 aliphatic carbocycles. The van der Waals surface area contributed by atoms with E-state index in [0.29, 0.717) is 31.7 Å². The first-order valence-electron chi connectivity index (χ1n) is 10.3. The molecule has 2 amide bonds. The molecular formula is C22H25N3O4S2. The van der Waals surface area contributed by atoms with Crippen molar-refractivity contribution in [2.75, 3.05) is 36.8 Å². The Morgan fingerprint density at radius 3 is 2.55 bits per heavy atom. The van der Waals surface area contributed by atoms with Gasteiger partial charge in [0, 0.05) is 24.5 Å². The summed E-state index contributed by atoms with van der Waals surface area (Å²) >= 11 is 1.36. The summed E-state index contributed by atoms with van der Waals surface area (Å²) in [5.41, 5.74) is 1.61. The lowest BCUT2D eigenvalue weighted by molar-refractivity contribution is -0.122. The minimum Gasteiger partial charge on any atom is -0.354 e. The molecule has 1 saturated heterocycles. The van der Waals surface area contributed by atoms with Crippen molar-refractivity contribution in [1.82, 2.24) is 9.62 Å². The SMILES string of the molecule is O=C(CN1C(=O)CSc2ccc(S(=O)(=O)N3CCCC3)cc21)NCCc1ccccc1. The number of nitrogens with zero attached hydrogens (tertiary/aromatic N) is 2. The van der Waals surface area contributed by atoms with Gasteiger partial charge in [0.05, 0.1) is 16.3 Å². The van der Waals surface area contributed by atoms with Crippen LogP contribution in [0.3, 0.4) is 0 Å². The highest BCUT2D eigenvalue weighted by molar-refractivity contribution is 8.00. The van der Waals surface area contributed by atoms with Crippen LogP contribution >= 0.6 is 11.8 Å². The number of nitrogens with one attached hydrogen (secondary N) is 1. The molecule has 9 heteroatoms. The van der Waals surface area contributed by atoms with Crippen molar-refractivity contribution in [3.63, 3.8) is 0 Å². The Bertz CT molecular complexity index is 1070. The second-order valence-corrected chi connectivity index (χ2v) is 10.5. The molecule has 0 saturated carbocycles. The van der Waals surface area contributed by atoms with E-state index in [4.69, 9.17) is 0 Å². The molecule has 2 heterocycles. The highest BCUT2D eigenvalue weighted by atomic mass is 32.2. The smallest absolute Gasteiger partial charge is 0.243 e. The van der Waals surface area contributed by atoms with E-state index in [0.717, 1.165) is 23.3 Å². The number of rotatable bonds is 7. The zero-order valence-corrected chi connectivity index (χ0v) is 18.8. The van der Waals surface area contributed by atoms with E-state index in [1.54, 1.807) is 12.1 Å². The number of fused-ring (bicyclic) bond motifs is 1. The quantitative estimate of drug-likeness (QED) is 0.686. The maximum absolute atomic E-state index is 12.9. The third kappa shape index (κ3) is 4.94. The van der Waals surface area contributed by atoms with E-state index in [9.17, 15) is 18.0 Å². The Morgan fingerprint density at radius 2 is 1.81 bits per heavy atom. The Balaban J connectivity index is 1.47. The van der Waals surface area contributed by atoms with Gasteiger partial charge in [0.15, 0.2) is 0 Å². The number of hydrogen-bond acceptors (Lipinski definition) is 5. The fourth-order valence-electron chi connectivity index (χ4n) is 3.78. The van der Waals surface area contributed by atoms with Crippen molar-refractivity contribution in [2.45, 2.75) is 29.1 Å². The molecule has 0 atom stereocenters. The normalized spacial score (nSPS) is 16.9. The van der Waals surface area contributed by atoms with E-state index in [2.05, 4.69) is 5.32 Å². The average molecular weight is 460 g/mol. The van der Waals surface area contributed by atoms with Gasteiger partial charge in [-0.05, 0) is 43.0 Å². The molecule has 0 spiro atoms. The predicted molar refractivity (Wildman–Crippen MR) is 121 cm³/mol. The van der Waals surface area contributed by atoms with Gasteiger partial charge in [-0.25, -0.2) is 8.42 Å². The average Bonchev–Trinajstić information content (AvgIpc) is 3.32. The molecule has 7 nitrogen and oxygen atoms in total. The van der Waals surface area contributed by atoms with E-state index in [1.165, 1.54) is 27.0 Å². The van der Waals surface area contributed by atoms with Gasteiger partial charge in [0.1, 0.15) is 6.54 Å². The summed E-state index contributed by atoms with van der Waals surface area (Å²) < 4.78 is 27.4. The van der Waals surface area contributed by atoms with Gasteiger partial charge in [-0.2, -0.15) is 4.31 Å². The Hall–Kier alpha value is -2.36. The molecule has 2 aliphatic heterocycles. The molecule has 164 valence electrons. The molecule has 2 aliphatic rings. The van der Waals surface area contributed by atoms with Gasteiger partial charge >= 0.3 is 0 Å². The van der Waals surface area contributed by atoms with Crippen LogP contribution < -0.4 is 10.2 Å². The molecule has 0 aromatic heterocycles. The topological polar surface area (TPSA) is 86.8 Å². The second kappa shape index (κ2) is 9.42. The minimum absolute atomic E-state index is 0.131. The van der Waals surface area contributed by atoms with Crippen LogP contribution in [0.25, 0.3) is 0 Å². The molecule has 0 unspecified atom stereocenters. The van der Waals surface area contributed by atoms with Crippen molar-refractivity contribution >= 4 is 39.3 Å². The maximum Gasteiger partial charge on any atom is 0.243 e. The Labute approximate surface area is 186 Å². The van der Waals surface area contributed by atoms with E-state index in [-0.39, 0.29) is 29.0 Å². The summed E-state index contributed by atoms with van der Waals surface area (Å²) in [5, 5.41) is 2.85. The fourth-order valence-corrected chi connectivity index (χ4v) is 6.24. The van der Waals surface area contributed by atoms with Crippen molar-refractivity contribution < 1.29 is 18.0 Å². The molecule has 0 radical (unpaired) electrons. The number of amides is 2. The summed E-state index contributed by atoms with van der Waals surface area (Å²) in [4.78, 5) is 27.4. The third-order valence-electron chi connectivity index (χ3n) is 5.46. The molecular weight excluding hydrogens is 434 g/mol. The van der Waals surface area contributed by atoms with Crippen LogP contribution in [-0.2, 0) is 26.0 Å². The van der Waals surface area contributed by atoms with Crippen molar-refractivity contribution in [1.29, 1.82) is 0 Å². The number of benzene rings is 2. The van der Waals surface area contributed by atoms with Crippen molar-refractivity contribution in [3.8, 4) is 0 Å². The largest absolute Gasteiger partial charge is 0.354 e. The molecule has 1 fully saturated rings. The van der Waals surface area contributed by atoms with Crippen LogP contribution in [0.2, 0.25) is 0 Å². The monoisotopic (exact) mass is 459 g/mol. The number of thioether (sulfide) groups is 1. The molecule has 2 aromatic carbocycles. The summed E-state index contributed by atoms with van der Waals surface area (Å²) in [6.45, 7) is 1.37. The van der Waals surface area contributed by atoms with Crippen LogP contribution in [0.4, 0.5) is 5.69 Å². The predicted octanol–water partition coefficient (Wildman–Crippen LogP) is 2.27. The van der Waals surface area contributed by atoms with Crippen LogP contribution in [-0.4, -0.2) is 56.5 Å². The molecule has 4 rings (SSSR count). The number of carbonyl (C=O) groups excluding carboxylic acids is 2. The van der Waals surface area contributed by atoms with Gasteiger partial charge in [-0.3, -0.25) is 9.59 Å². The van der Waals surface area contributed by atoms with E-state index < -0.39 is 10.0 Å². The minimum atomic E-state index is -3.60. The van der Waals surface area contributed by atoms with Gasteiger partial charge in [-0.15, -0.1) is 11.8 Å². The lowest BCUT2D eigenvalue weighted by atomic mass is 10.1. The second-order valence-electron chi connectivity index (χ2n) is 7.59. The first-order valence-corrected chi connectivity index (χ1v) is 12.8. The molecule has 2 aromatic rings. The first-order chi connectivity index (χ1) is 14.9. The van der Waals surface area contributed by atoms with Gasteiger partial charge in [0.25, 0.3) is 0 Å². The lowest BCUT2D eigenvalue weighted by Crippen LogP contribution is -2.43. The molecule has 0 bridgehead atoms. The first kappa shape index (κ1) is 21.9. The lowest BCUT2D eigenvalue weighted by Gasteiger charge is -2.29. The molecule has 31 heavy (non-hydrogen) atoms. The van der Waals surface area contributed by atoms with Crippen LogP contribution in [0.15, 0.2) is 58.3 Å². The number of hydrogen-bond donors (Lipinski definition) is 1. The van der Waals surface area contributed by atoms with Crippen molar-refractivity contribution in [2.24, 2.45) is 0 Å². The fraction of sp³-hybridized carbons (Fsp3) is 0.364. The highest BCUT2D eigenvalue weighted by Gasteiger charge is 2.31. The zero-order chi connectivity index (χ0) is 21.8. The van der Waals surface area contributed by atoms with Crippen molar-refractivity contribution in [3.05, 3.63) is 54.1 Å². The van der Waals surface area contributed by atoms with E-state index in [1.807, 2.05) is 30.3 Å². The number of anilines is 1. The highest BCUT2D eigenvalue weighted by Crippen LogP contribution is 2.37. The Morgan fingerprint density at radius 1 is 1.06 bits per heavy atom.